The Kier molecular flexibility index (Phi) is 8.76. The van der Waals surface area contributed by atoms with Gasteiger partial charge in [-0.05, 0) is 106 Å². The van der Waals surface area contributed by atoms with Crippen LogP contribution in [0.25, 0.3) is 45.3 Å². The van der Waals surface area contributed by atoms with Gasteiger partial charge >= 0.3 is 0 Å². The van der Waals surface area contributed by atoms with Gasteiger partial charge in [0.05, 0.1) is 22.7 Å². The number of fused-ring (bicyclic) bond motifs is 4. The fourth-order valence-corrected chi connectivity index (χ4v) is 9.60. The molecular formula is C57H45N5. The Morgan fingerprint density at radius 1 is 0.290 bits per heavy atom. The molecule has 8 aromatic carbocycles. The first kappa shape index (κ1) is 37.4. The molecule has 2 aliphatic rings. The number of hydrogen-bond acceptors (Lipinski definition) is 5. The summed E-state index contributed by atoms with van der Waals surface area (Å²) in [6, 6.07) is 71.4. The van der Waals surface area contributed by atoms with Gasteiger partial charge in [-0.1, -0.05) is 155 Å². The van der Waals surface area contributed by atoms with E-state index in [-0.39, 0.29) is 10.8 Å². The molecule has 0 unspecified atom stereocenters. The molecule has 0 aliphatic carbocycles. The van der Waals surface area contributed by atoms with E-state index in [1.807, 2.05) is 60.7 Å². The average molecular weight is 800 g/mol. The SMILES string of the molecule is CC1(C)c2ccccc2N(c2ccccc2)c2ccc(-c3ccc4c(c3)C(C)(C)c3ccccc3N4c3ccc(-c4nc(-c5ccccc5)nc(-c5ccccc5)n4)cc3)cc21. The fraction of sp³-hybridized carbons (Fsp3) is 0.105. The summed E-state index contributed by atoms with van der Waals surface area (Å²) in [6.07, 6.45) is 0. The maximum atomic E-state index is 5.00. The quantitative estimate of drug-likeness (QED) is 0.168. The summed E-state index contributed by atoms with van der Waals surface area (Å²) >= 11 is 0. The van der Waals surface area contributed by atoms with Gasteiger partial charge in [-0.3, -0.25) is 0 Å². The molecule has 2 aliphatic heterocycles. The molecule has 11 rings (SSSR count). The Morgan fingerprint density at radius 3 is 1.05 bits per heavy atom. The van der Waals surface area contributed by atoms with E-state index in [1.165, 1.54) is 56.1 Å². The van der Waals surface area contributed by atoms with Crippen LogP contribution in [-0.2, 0) is 10.8 Å². The Hall–Kier alpha value is -7.63. The van der Waals surface area contributed by atoms with E-state index >= 15 is 0 Å². The largest absolute Gasteiger partial charge is 0.310 e. The Labute approximate surface area is 363 Å². The van der Waals surface area contributed by atoms with Crippen LogP contribution in [0.1, 0.15) is 49.9 Å². The lowest BCUT2D eigenvalue weighted by Gasteiger charge is -2.43. The van der Waals surface area contributed by atoms with Gasteiger partial charge in [0.15, 0.2) is 17.5 Å². The van der Waals surface area contributed by atoms with E-state index in [4.69, 9.17) is 15.0 Å². The van der Waals surface area contributed by atoms with Crippen molar-refractivity contribution in [3.63, 3.8) is 0 Å². The summed E-state index contributed by atoms with van der Waals surface area (Å²) in [5, 5.41) is 0. The van der Waals surface area contributed by atoms with Crippen molar-refractivity contribution in [2.75, 3.05) is 9.80 Å². The van der Waals surface area contributed by atoms with E-state index in [9.17, 15) is 0 Å². The van der Waals surface area contributed by atoms with Gasteiger partial charge in [-0.25, -0.2) is 15.0 Å². The van der Waals surface area contributed by atoms with Crippen molar-refractivity contribution in [3.05, 3.63) is 222 Å². The molecule has 0 atom stereocenters. The van der Waals surface area contributed by atoms with Gasteiger partial charge in [-0.2, -0.15) is 0 Å². The van der Waals surface area contributed by atoms with Crippen molar-refractivity contribution in [1.82, 2.24) is 15.0 Å². The lowest BCUT2D eigenvalue weighted by molar-refractivity contribution is 0.631. The maximum absolute atomic E-state index is 5.00. The minimum Gasteiger partial charge on any atom is -0.310 e. The fourth-order valence-electron chi connectivity index (χ4n) is 9.60. The molecule has 5 heteroatoms. The molecule has 0 saturated heterocycles. The zero-order valence-electron chi connectivity index (χ0n) is 35.3. The molecule has 1 aromatic heterocycles. The molecule has 0 fully saturated rings. The van der Waals surface area contributed by atoms with Crippen LogP contribution in [0.4, 0.5) is 34.1 Å². The molecule has 0 radical (unpaired) electrons. The van der Waals surface area contributed by atoms with Crippen LogP contribution in [0.5, 0.6) is 0 Å². The highest BCUT2D eigenvalue weighted by atomic mass is 15.2. The number of nitrogens with zero attached hydrogens (tertiary/aromatic N) is 5. The highest BCUT2D eigenvalue weighted by Crippen LogP contribution is 2.55. The summed E-state index contributed by atoms with van der Waals surface area (Å²) in [5.41, 5.74) is 17.0. The standard InChI is InChI=1S/C57H45N5/c1-56(2)45-24-14-16-26-49(45)61(43-22-12-7-13-23-43)51-34-30-41(36-47(51)56)42-31-35-52-48(37-42)57(3,4)46-25-15-17-27-50(46)62(52)44-32-28-40(29-33-44)55-59-53(38-18-8-5-9-19-38)58-54(60-55)39-20-10-6-11-21-39/h5-37H,1-4H3. The summed E-state index contributed by atoms with van der Waals surface area (Å²) in [4.78, 5) is 19.7. The molecule has 298 valence electrons. The van der Waals surface area contributed by atoms with E-state index in [2.05, 4.69) is 177 Å². The van der Waals surface area contributed by atoms with E-state index in [0.29, 0.717) is 17.5 Å². The van der Waals surface area contributed by atoms with Crippen LogP contribution in [0.15, 0.2) is 200 Å². The van der Waals surface area contributed by atoms with Crippen molar-refractivity contribution in [2.24, 2.45) is 0 Å². The summed E-state index contributed by atoms with van der Waals surface area (Å²) < 4.78 is 0. The van der Waals surface area contributed by atoms with Crippen LogP contribution in [-0.4, -0.2) is 15.0 Å². The Morgan fingerprint density at radius 2 is 0.613 bits per heavy atom. The van der Waals surface area contributed by atoms with Crippen molar-refractivity contribution in [3.8, 4) is 45.3 Å². The smallest absolute Gasteiger partial charge is 0.164 e. The minimum atomic E-state index is -0.249. The normalized spacial score (nSPS) is 14.3. The lowest BCUT2D eigenvalue weighted by Crippen LogP contribution is -2.31. The Bertz CT molecular complexity index is 3060. The number of hydrogen-bond donors (Lipinski definition) is 0. The van der Waals surface area contributed by atoms with Gasteiger partial charge in [0.25, 0.3) is 0 Å². The molecule has 3 heterocycles. The number of rotatable bonds is 6. The minimum absolute atomic E-state index is 0.198. The highest BCUT2D eigenvalue weighted by molar-refractivity contribution is 5.90. The van der Waals surface area contributed by atoms with Crippen LogP contribution >= 0.6 is 0 Å². The first-order valence-corrected chi connectivity index (χ1v) is 21.4. The molecule has 0 saturated carbocycles. The molecule has 0 amide bonds. The molecule has 0 N–H and O–H groups in total. The van der Waals surface area contributed by atoms with Crippen molar-refractivity contribution in [1.29, 1.82) is 0 Å². The molecule has 62 heavy (non-hydrogen) atoms. The van der Waals surface area contributed by atoms with Gasteiger partial charge in [-0.15, -0.1) is 0 Å². The van der Waals surface area contributed by atoms with Gasteiger partial charge in [0.2, 0.25) is 0 Å². The van der Waals surface area contributed by atoms with Crippen LogP contribution in [0.2, 0.25) is 0 Å². The van der Waals surface area contributed by atoms with E-state index < -0.39 is 0 Å². The van der Waals surface area contributed by atoms with Crippen molar-refractivity contribution >= 4 is 34.1 Å². The third-order valence-corrected chi connectivity index (χ3v) is 12.9. The summed E-state index contributed by atoms with van der Waals surface area (Å²) in [5.74, 6) is 1.94. The topological polar surface area (TPSA) is 45.2 Å². The van der Waals surface area contributed by atoms with Crippen molar-refractivity contribution in [2.45, 2.75) is 38.5 Å². The van der Waals surface area contributed by atoms with Crippen LogP contribution in [0.3, 0.4) is 0 Å². The summed E-state index contributed by atoms with van der Waals surface area (Å²) in [7, 11) is 0. The third kappa shape index (κ3) is 6.11. The predicted molar refractivity (Wildman–Crippen MR) is 255 cm³/mol. The third-order valence-electron chi connectivity index (χ3n) is 12.9. The first-order chi connectivity index (χ1) is 30.3. The second kappa shape index (κ2) is 14.5. The number of anilines is 6. The average Bonchev–Trinajstić information content (AvgIpc) is 3.33. The zero-order chi connectivity index (χ0) is 42.0. The van der Waals surface area contributed by atoms with E-state index in [1.54, 1.807) is 0 Å². The monoisotopic (exact) mass is 799 g/mol. The zero-order valence-corrected chi connectivity index (χ0v) is 35.3. The van der Waals surface area contributed by atoms with Gasteiger partial charge in [0, 0.05) is 38.9 Å². The lowest BCUT2D eigenvalue weighted by atomic mass is 9.71. The second-order valence-electron chi connectivity index (χ2n) is 17.3. The van der Waals surface area contributed by atoms with Gasteiger partial charge in [0.1, 0.15) is 0 Å². The molecule has 9 aromatic rings. The molecule has 0 bridgehead atoms. The van der Waals surface area contributed by atoms with E-state index in [0.717, 1.165) is 28.1 Å². The molecule has 0 spiro atoms. The highest BCUT2D eigenvalue weighted by Gasteiger charge is 2.39. The Balaban J connectivity index is 1.00. The van der Waals surface area contributed by atoms with Gasteiger partial charge < -0.3 is 9.80 Å². The van der Waals surface area contributed by atoms with Crippen LogP contribution in [0, 0.1) is 0 Å². The molecule has 5 nitrogen and oxygen atoms in total. The van der Waals surface area contributed by atoms with Crippen molar-refractivity contribution < 1.29 is 0 Å². The number of benzene rings is 8. The second-order valence-corrected chi connectivity index (χ2v) is 17.3. The summed E-state index contributed by atoms with van der Waals surface area (Å²) in [6.45, 7) is 9.43. The van der Waals surface area contributed by atoms with Crippen LogP contribution < -0.4 is 9.80 Å². The number of para-hydroxylation sites is 3. The first-order valence-electron chi connectivity index (χ1n) is 21.4. The predicted octanol–water partition coefficient (Wildman–Crippen LogP) is 14.8. The number of aromatic nitrogens is 3. The maximum Gasteiger partial charge on any atom is 0.164 e. The molecular weight excluding hydrogens is 755 g/mol.